The van der Waals surface area contributed by atoms with Crippen LogP contribution in [0.15, 0.2) is 29.3 Å². The molecule has 23 heavy (non-hydrogen) atoms. The number of aliphatic imine (C=N–C) groups is 1. The Hall–Kier alpha value is -1.58. The van der Waals surface area contributed by atoms with Crippen LogP contribution in [0.5, 0.6) is 0 Å². The summed E-state index contributed by atoms with van der Waals surface area (Å²) in [6, 6.07) is 7.00. The molecule has 1 aromatic carbocycles. The zero-order valence-electron chi connectivity index (χ0n) is 13.0. The van der Waals surface area contributed by atoms with Crippen LogP contribution in [0.3, 0.4) is 0 Å². The summed E-state index contributed by atoms with van der Waals surface area (Å²) in [7, 11) is 0. The van der Waals surface area contributed by atoms with Crippen LogP contribution in [0.1, 0.15) is 32.1 Å². The molecule has 128 valence electrons. The highest BCUT2D eigenvalue weighted by Gasteiger charge is 2.13. The number of halogens is 1. The Morgan fingerprint density at radius 2 is 2.00 bits per heavy atom. The predicted molar refractivity (Wildman–Crippen MR) is 103 cm³/mol. The molecular formula is C15H24IN5O2. The van der Waals surface area contributed by atoms with E-state index in [0.29, 0.717) is 30.8 Å². The summed E-state index contributed by atoms with van der Waals surface area (Å²) >= 11 is 0. The number of benzene rings is 1. The molecule has 0 aliphatic heterocycles. The first-order valence-electron chi connectivity index (χ1n) is 7.70. The number of nitro benzene ring substituents is 1. The molecule has 0 spiro atoms. The van der Waals surface area contributed by atoms with Gasteiger partial charge in [-0.2, -0.15) is 0 Å². The van der Waals surface area contributed by atoms with Crippen LogP contribution in [0.4, 0.5) is 11.4 Å². The fourth-order valence-corrected chi connectivity index (χ4v) is 2.65. The van der Waals surface area contributed by atoms with Crippen LogP contribution < -0.4 is 16.4 Å². The first kappa shape index (κ1) is 19.5. The van der Waals surface area contributed by atoms with Gasteiger partial charge in [0.1, 0.15) is 5.69 Å². The number of hydrogen-bond acceptors (Lipinski definition) is 4. The van der Waals surface area contributed by atoms with Crippen LogP contribution >= 0.6 is 24.0 Å². The number of nitro groups is 1. The lowest BCUT2D eigenvalue weighted by Crippen LogP contribution is -2.41. The van der Waals surface area contributed by atoms with Crippen molar-refractivity contribution in [1.29, 1.82) is 0 Å². The summed E-state index contributed by atoms with van der Waals surface area (Å²) < 4.78 is 0. The van der Waals surface area contributed by atoms with Crippen molar-refractivity contribution in [1.82, 2.24) is 5.32 Å². The third-order valence-electron chi connectivity index (χ3n) is 3.77. The molecule has 1 aliphatic carbocycles. The summed E-state index contributed by atoms with van der Waals surface area (Å²) in [6.07, 6.45) is 6.07. The van der Waals surface area contributed by atoms with Crippen LogP contribution in [-0.2, 0) is 0 Å². The van der Waals surface area contributed by atoms with Gasteiger partial charge in [0.05, 0.1) is 11.5 Å². The van der Waals surface area contributed by atoms with Crippen LogP contribution in [-0.4, -0.2) is 30.0 Å². The van der Waals surface area contributed by atoms with Crippen molar-refractivity contribution in [2.75, 3.05) is 18.4 Å². The largest absolute Gasteiger partial charge is 0.378 e. The molecule has 1 aromatic rings. The normalized spacial score (nSPS) is 15.6. The van der Waals surface area contributed by atoms with Gasteiger partial charge in [0.15, 0.2) is 5.96 Å². The smallest absolute Gasteiger partial charge is 0.292 e. The van der Waals surface area contributed by atoms with E-state index in [-0.39, 0.29) is 29.7 Å². The summed E-state index contributed by atoms with van der Waals surface area (Å²) in [5.74, 6) is 0.455. The third-order valence-corrected chi connectivity index (χ3v) is 3.77. The second-order valence-electron chi connectivity index (χ2n) is 5.45. The number of anilines is 1. The molecule has 0 bridgehead atoms. The molecule has 8 heteroatoms. The minimum atomic E-state index is -0.398. The fraction of sp³-hybridized carbons (Fsp3) is 0.533. The lowest BCUT2D eigenvalue weighted by molar-refractivity contribution is -0.384. The molecule has 0 heterocycles. The van der Waals surface area contributed by atoms with Gasteiger partial charge in [0, 0.05) is 18.7 Å². The fourth-order valence-electron chi connectivity index (χ4n) is 2.65. The van der Waals surface area contributed by atoms with E-state index >= 15 is 0 Å². The van der Waals surface area contributed by atoms with Crippen molar-refractivity contribution in [3.63, 3.8) is 0 Å². The zero-order chi connectivity index (χ0) is 15.8. The maximum absolute atomic E-state index is 10.9. The van der Waals surface area contributed by atoms with Gasteiger partial charge in [-0.25, -0.2) is 0 Å². The Kier molecular flexibility index (Phi) is 8.67. The SMILES string of the molecule is I.NC(=NCCNc1ccccc1[N+](=O)[O-])NC1CCCCC1. The highest BCUT2D eigenvalue weighted by atomic mass is 127. The van der Waals surface area contributed by atoms with Crippen molar-refractivity contribution in [2.45, 2.75) is 38.1 Å². The lowest BCUT2D eigenvalue weighted by Gasteiger charge is -2.23. The topological polar surface area (TPSA) is 106 Å². The Morgan fingerprint density at radius 3 is 2.70 bits per heavy atom. The van der Waals surface area contributed by atoms with E-state index in [1.54, 1.807) is 18.2 Å². The number of para-hydroxylation sites is 2. The Labute approximate surface area is 153 Å². The van der Waals surface area contributed by atoms with Gasteiger partial charge in [-0.05, 0) is 18.9 Å². The van der Waals surface area contributed by atoms with Crippen molar-refractivity contribution in [3.05, 3.63) is 34.4 Å². The number of nitrogens with zero attached hydrogens (tertiary/aromatic N) is 2. The van der Waals surface area contributed by atoms with E-state index in [2.05, 4.69) is 15.6 Å². The summed E-state index contributed by atoms with van der Waals surface area (Å²) in [4.78, 5) is 14.8. The summed E-state index contributed by atoms with van der Waals surface area (Å²) in [5, 5.41) is 17.2. The summed E-state index contributed by atoms with van der Waals surface area (Å²) in [6.45, 7) is 0.968. The van der Waals surface area contributed by atoms with E-state index in [1.807, 2.05) is 0 Å². The van der Waals surface area contributed by atoms with Gasteiger partial charge in [0.2, 0.25) is 0 Å². The second kappa shape index (κ2) is 10.2. The zero-order valence-corrected chi connectivity index (χ0v) is 15.4. The molecule has 0 radical (unpaired) electrons. The molecule has 1 aliphatic rings. The predicted octanol–water partition coefficient (Wildman–Crippen LogP) is 2.86. The van der Waals surface area contributed by atoms with Crippen molar-refractivity contribution in [2.24, 2.45) is 10.7 Å². The van der Waals surface area contributed by atoms with Crippen molar-refractivity contribution in [3.8, 4) is 0 Å². The van der Waals surface area contributed by atoms with E-state index in [9.17, 15) is 10.1 Å². The highest BCUT2D eigenvalue weighted by molar-refractivity contribution is 14.0. The lowest BCUT2D eigenvalue weighted by atomic mass is 9.96. The maximum atomic E-state index is 10.9. The maximum Gasteiger partial charge on any atom is 0.292 e. The van der Waals surface area contributed by atoms with Crippen molar-refractivity contribution < 1.29 is 4.92 Å². The number of hydrogen-bond donors (Lipinski definition) is 3. The molecule has 2 rings (SSSR count). The van der Waals surface area contributed by atoms with Gasteiger partial charge in [-0.1, -0.05) is 31.4 Å². The average molecular weight is 433 g/mol. The number of nitrogens with one attached hydrogen (secondary N) is 2. The molecule has 1 saturated carbocycles. The van der Waals surface area contributed by atoms with Gasteiger partial charge in [0.25, 0.3) is 5.69 Å². The molecular weight excluding hydrogens is 409 g/mol. The first-order chi connectivity index (χ1) is 10.7. The first-order valence-corrected chi connectivity index (χ1v) is 7.70. The molecule has 1 fully saturated rings. The molecule has 0 unspecified atom stereocenters. The van der Waals surface area contributed by atoms with Gasteiger partial charge in [-0.15, -0.1) is 24.0 Å². The van der Waals surface area contributed by atoms with E-state index in [1.165, 1.54) is 25.3 Å². The van der Waals surface area contributed by atoms with E-state index in [0.717, 1.165) is 12.8 Å². The molecule has 0 amide bonds. The van der Waals surface area contributed by atoms with Gasteiger partial charge >= 0.3 is 0 Å². The average Bonchev–Trinajstić information content (AvgIpc) is 2.53. The molecule has 4 N–H and O–H groups in total. The Balaban J connectivity index is 0.00000264. The Bertz CT molecular complexity index is 532. The van der Waals surface area contributed by atoms with Gasteiger partial charge in [-0.3, -0.25) is 15.1 Å². The molecule has 7 nitrogen and oxygen atoms in total. The summed E-state index contributed by atoms with van der Waals surface area (Å²) in [5.41, 5.74) is 6.44. The molecule has 0 atom stereocenters. The van der Waals surface area contributed by atoms with E-state index in [4.69, 9.17) is 5.73 Å². The molecule has 0 saturated heterocycles. The third kappa shape index (κ3) is 6.59. The number of guanidine groups is 1. The van der Waals surface area contributed by atoms with E-state index < -0.39 is 4.92 Å². The monoisotopic (exact) mass is 433 g/mol. The van der Waals surface area contributed by atoms with Gasteiger partial charge < -0.3 is 16.4 Å². The minimum Gasteiger partial charge on any atom is -0.378 e. The highest BCUT2D eigenvalue weighted by Crippen LogP contribution is 2.22. The quantitative estimate of drug-likeness (QED) is 0.160. The van der Waals surface area contributed by atoms with Crippen molar-refractivity contribution >= 4 is 41.3 Å². The number of rotatable bonds is 6. The van der Waals surface area contributed by atoms with Crippen LogP contribution in [0.25, 0.3) is 0 Å². The standard InChI is InChI=1S/C15H23N5O2.HI/c16-15(19-12-6-2-1-3-7-12)18-11-10-17-13-8-4-5-9-14(13)20(21)22;/h4-5,8-9,12,17H,1-3,6-7,10-11H2,(H3,16,18,19);1H. The Morgan fingerprint density at radius 1 is 1.30 bits per heavy atom. The second-order valence-corrected chi connectivity index (χ2v) is 5.45. The minimum absolute atomic E-state index is 0. The van der Waals surface area contributed by atoms with Crippen LogP contribution in [0.2, 0.25) is 0 Å². The van der Waals surface area contributed by atoms with Crippen LogP contribution in [0, 0.1) is 10.1 Å². The molecule has 0 aromatic heterocycles. The number of nitrogens with two attached hydrogens (primary N) is 1.